The third-order valence-electron chi connectivity index (χ3n) is 11.2. The van der Waals surface area contributed by atoms with E-state index in [2.05, 4.69) is 19.2 Å². The summed E-state index contributed by atoms with van der Waals surface area (Å²) in [5, 5.41) is 54.3. The quantitative estimate of drug-likeness (QED) is 0.0342. The fourth-order valence-electron chi connectivity index (χ4n) is 7.51. The third-order valence-corrected chi connectivity index (χ3v) is 11.2. The summed E-state index contributed by atoms with van der Waals surface area (Å²) < 4.78 is 11.2. The molecule has 0 aromatic rings. The molecule has 7 atom stereocenters. The third kappa shape index (κ3) is 26.6. The topological polar surface area (TPSA) is 149 Å². The van der Waals surface area contributed by atoms with Crippen LogP contribution in [0.3, 0.4) is 0 Å². The minimum atomic E-state index is -1.55. The van der Waals surface area contributed by atoms with E-state index in [9.17, 15) is 30.3 Å². The lowest BCUT2D eigenvalue weighted by molar-refractivity contribution is -0.302. The predicted molar refractivity (Wildman–Crippen MR) is 217 cm³/mol. The highest BCUT2D eigenvalue weighted by Crippen LogP contribution is 2.23. The zero-order chi connectivity index (χ0) is 38.8. The van der Waals surface area contributed by atoms with Gasteiger partial charge in [0.05, 0.1) is 25.4 Å². The molecule has 0 aromatic carbocycles. The Kier molecular flexibility index (Phi) is 33.7. The van der Waals surface area contributed by atoms with Crippen LogP contribution in [-0.4, -0.2) is 87.5 Å². The zero-order valence-electron chi connectivity index (χ0n) is 34.5. The number of aliphatic hydroxyl groups is 5. The van der Waals surface area contributed by atoms with Crippen LogP contribution >= 0.6 is 0 Å². The molecule has 0 aromatic heterocycles. The summed E-state index contributed by atoms with van der Waals surface area (Å²) in [5.74, 6) is -0.142. The highest BCUT2D eigenvalue weighted by Gasteiger charge is 2.44. The minimum Gasteiger partial charge on any atom is -0.394 e. The van der Waals surface area contributed by atoms with Crippen molar-refractivity contribution < 1.29 is 39.8 Å². The molecule has 1 aliphatic rings. The molecule has 0 spiro atoms. The molecule has 0 radical (unpaired) electrons. The van der Waals surface area contributed by atoms with E-state index in [4.69, 9.17) is 9.47 Å². The molecule has 316 valence electrons. The van der Waals surface area contributed by atoms with Crippen molar-refractivity contribution in [2.75, 3.05) is 13.2 Å². The van der Waals surface area contributed by atoms with Crippen LogP contribution in [0.1, 0.15) is 219 Å². The van der Waals surface area contributed by atoms with E-state index in [1.165, 1.54) is 154 Å². The first-order chi connectivity index (χ1) is 25.8. The molecular formula is C44H87NO8. The van der Waals surface area contributed by atoms with Gasteiger partial charge in [0.25, 0.3) is 0 Å². The highest BCUT2D eigenvalue weighted by molar-refractivity contribution is 5.76. The predicted octanol–water partition coefficient (Wildman–Crippen LogP) is 9.17. The maximum Gasteiger partial charge on any atom is 0.220 e. The minimum absolute atomic E-state index is 0.132. The number of nitrogens with one attached hydrogen (secondary N) is 1. The summed E-state index contributed by atoms with van der Waals surface area (Å²) in [6.45, 7) is 3.84. The van der Waals surface area contributed by atoms with Crippen LogP contribution in [0.25, 0.3) is 0 Å². The van der Waals surface area contributed by atoms with Crippen molar-refractivity contribution >= 4 is 5.91 Å². The standard InChI is InChI=1S/C44H87NO8/c1-3-5-7-9-11-13-15-17-18-19-20-21-22-23-25-27-29-31-33-38(47)37(36-52-44-43(51)42(50)41(49)39(35-46)53-44)45-40(48)34-32-30-28-26-24-16-14-12-10-8-6-4-2/h37-39,41-44,46-47,49-51H,3-36H2,1-2H3,(H,45,48). The number of amides is 1. The Morgan fingerprint density at radius 3 is 1.34 bits per heavy atom. The number of hydrogen-bond donors (Lipinski definition) is 6. The summed E-state index contributed by atoms with van der Waals surface area (Å²) >= 11 is 0. The maximum atomic E-state index is 12.9. The van der Waals surface area contributed by atoms with E-state index in [0.717, 1.165) is 38.5 Å². The molecule has 9 nitrogen and oxygen atoms in total. The number of ether oxygens (including phenoxy) is 2. The molecule has 1 fully saturated rings. The lowest BCUT2D eigenvalue weighted by atomic mass is 9.99. The number of rotatable bonds is 38. The fourth-order valence-corrected chi connectivity index (χ4v) is 7.51. The molecule has 0 bridgehead atoms. The number of unbranched alkanes of at least 4 members (excludes halogenated alkanes) is 28. The Morgan fingerprint density at radius 1 is 0.566 bits per heavy atom. The second-order valence-electron chi connectivity index (χ2n) is 16.2. The van der Waals surface area contributed by atoms with Gasteiger partial charge in [-0.15, -0.1) is 0 Å². The number of carbonyl (C=O) groups is 1. The van der Waals surface area contributed by atoms with E-state index in [1.807, 2.05) is 0 Å². The number of aliphatic hydroxyl groups excluding tert-OH is 5. The first kappa shape index (κ1) is 50.2. The van der Waals surface area contributed by atoms with Crippen molar-refractivity contribution in [1.29, 1.82) is 0 Å². The van der Waals surface area contributed by atoms with Gasteiger partial charge in [-0.3, -0.25) is 4.79 Å². The molecule has 0 aliphatic carbocycles. The van der Waals surface area contributed by atoms with Crippen LogP contribution in [0.15, 0.2) is 0 Å². The van der Waals surface area contributed by atoms with Crippen LogP contribution < -0.4 is 5.32 Å². The molecule has 1 heterocycles. The molecule has 9 heteroatoms. The molecule has 7 unspecified atom stereocenters. The Hall–Kier alpha value is -0.810. The summed E-state index contributed by atoms with van der Waals surface area (Å²) in [6.07, 6.45) is 31.1. The Balaban J connectivity index is 2.31. The molecule has 1 amide bonds. The normalized spacial score (nSPS) is 21.5. The Morgan fingerprint density at radius 2 is 0.943 bits per heavy atom. The lowest BCUT2D eigenvalue weighted by Crippen LogP contribution is -2.60. The van der Waals surface area contributed by atoms with Gasteiger partial charge in [0, 0.05) is 6.42 Å². The summed E-state index contributed by atoms with van der Waals surface area (Å²) in [7, 11) is 0. The van der Waals surface area contributed by atoms with Crippen LogP contribution in [0, 0.1) is 0 Å². The van der Waals surface area contributed by atoms with Gasteiger partial charge >= 0.3 is 0 Å². The molecule has 0 saturated carbocycles. The molecule has 1 rings (SSSR count). The van der Waals surface area contributed by atoms with Crippen molar-refractivity contribution in [2.24, 2.45) is 0 Å². The van der Waals surface area contributed by atoms with E-state index in [-0.39, 0.29) is 12.5 Å². The maximum absolute atomic E-state index is 12.9. The summed E-state index contributed by atoms with van der Waals surface area (Å²) in [4.78, 5) is 12.9. The van der Waals surface area contributed by atoms with Crippen molar-refractivity contribution in [3.63, 3.8) is 0 Å². The first-order valence-electron chi connectivity index (χ1n) is 22.7. The van der Waals surface area contributed by atoms with Gasteiger partial charge in [0.1, 0.15) is 24.4 Å². The Labute approximate surface area is 325 Å². The number of hydrogen-bond acceptors (Lipinski definition) is 8. The second kappa shape index (κ2) is 35.6. The van der Waals surface area contributed by atoms with Crippen molar-refractivity contribution in [1.82, 2.24) is 5.32 Å². The Bertz CT molecular complexity index is 801. The van der Waals surface area contributed by atoms with E-state index < -0.39 is 49.5 Å². The SMILES string of the molecule is CCCCCCCCCCCCCCCCCCCCC(O)C(COC1OC(CO)C(O)C(O)C1O)NC(=O)CCCCCCCCCCCCCC. The first-order valence-corrected chi connectivity index (χ1v) is 22.7. The lowest BCUT2D eigenvalue weighted by Gasteiger charge is -2.40. The van der Waals surface area contributed by atoms with Gasteiger partial charge in [-0.2, -0.15) is 0 Å². The highest BCUT2D eigenvalue weighted by atomic mass is 16.7. The molecule has 53 heavy (non-hydrogen) atoms. The van der Waals surface area contributed by atoms with Crippen LogP contribution in [-0.2, 0) is 14.3 Å². The van der Waals surface area contributed by atoms with E-state index in [1.54, 1.807) is 0 Å². The van der Waals surface area contributed by atoms with E-state index >= 15 is 0 Å². The molecule has 6 N–H and O–H groups in total. The second-order valence-corrected chi connectivity index (χ2v) is 16.2. The van der Waals surface area contributed by atoms with Gasteiger partial charge in [-0.25, -0.2) is 0 Å². The summed E-state index contributed by atoms with van der Waals surface area (Å²) in [6, 6.07) is -0.710. The van der Waals surface area contributed by atoms with Crippen LogP contribution in [0.4, 0.5) is 0 Å². The van der Waals surface area contributed by atoms with Crippen LogP contribution in [0.2, 0.25) is 0 Å². The van der Waals surface area contributed by atoms with Crippen molar-refractivity contribution in [3.8, 4) is 0 Å². The van der Waals surface area contributed by atoms with Gasteiger partial charge in [0.15, 0.2) is 6.29 Å². The fraction of sp³-hybridized carbons (Fsp3) is 0.977. The van der Waals surface area contributed by atoms with E-state index in [0.29, 0.717) is 12.8 Å². The zero-order valence-corrected chi connectivity index (χ0v) is 34.5. The van der Waals surface area contributed by atoms with Gasteiger partial charge < -0.3 is 40.3 Å². The number of carbonyl (C=O) groups excluding carboxylic acids is 1. The van der Waals surface area contributed by atoms with Crippen LogP contribution in [0.5, 0.6) is 0 Å². The van der Waals surface area contributed by atoms with Crippen molar-refractivity contribution in [3.05, 3.63) is 0 Å². The van der Waals surface area contributed by atoms with Gasteiger partial charge in [0.2, 0.25) is 5.91 Å². The molecule has 1 saturated heterocycles. The van der Waals surface area contributed by atoms with Crippen molar-refractivity contribution in [2.45, 2.75) is 262 Å². The largest absolute Gasteiger partial charge is 0.394 e. The molecular weight excluding hydrogens is 670 g/mol. The smallest absolute Gasteiger partial charge is 0.220 e. The van der Waals surface area contributed by atoms with Gasteiger partial charge in [-0.1, -0.05) is 200 Å². The molecule has 1 aliphatic heterocycles. The van der Waals surface area contributed by atoms with Gasteiger partial charge in [-0.05, 0) is 12.8 Å². The average molecular weight is 758 g/mol. The summed E-state index contributed by atoms with van der Waals surface area (Å²) in [5.41, 5.74) is 0. The monoisotopic (exact) mass is 758 g/mol. The average Bonchev–Trinajstić information content (AvgIpc) is 3.16.